The summed E-state index contributed by atoms with van der Waals surface area (Å²) in [4.78, 5) is 0. The second-order valence-corrected chi connectivity index (χ2v) is 15.8. The minimum Gasteiger partial charge on any atom is -0.456 e. The van der Waals surface area contributed by atoms with Crippen molar-refractivity contribution in [2.24, 2.45) is 0 Å². The van der Waals surface area contributed by atoms with Crippen LogP contribution in [0.2, 0.25) is 0 Å². The molecule has 0 atom stereocenters. The lowest BCUT2D eigenvalue weighted by molar-refractivity contribution is 0.669. The average Bonchev–Trinajstić information content (AvgIpc) is 3.84. The fourth-order valence-corrected chi connectivity index (χ4v) is 10.4. The van der Waals surface area contributed by atoms with Gasteiger partial charge in [0.25, 0.3) is 0 Å². The third kappa shape index (κ3) is 4.67. The van der Waals surface area contributed by atoms with Gasteiger partial charge in [-0.05, 0) is 107 Å². The Bertz CT molecular complexity index is 3460. The minimum absolute atomic E-state index is 0.923. The van der Waals surface area contributed by atoms with E-state index in [2.05, 4.69) is 194 Å². The van der Waals surface area contributed by atoms with Crippen LogP contribution in [0.25, 0.3) is 119 Å². The van der Waals surface area contributed by atoms with Crippen molar-refractivity contribution in [3.8, 4) is 44.5 Å². The predicted octanol–water partition coefficient (Wildman–Crippen LogP) is 16.1. The molecular weight excluding hydrogens is 697 g/mol. The van der Waals surface area contributed by atoms with Crippen molar-refractivity contribution in [1.82, 2.24) is 0 Å². The molecule has 12 rings (SSSR count). The Kier molecular flexibility index (Phi) is 6.87. The standard InChI is InChI=1S/C54H32OS/c1-2-13-33(14-3-1)36-15-12-16-37(31-36)51-43-22-8-6-20-41(43)50(42-21-7-9-23-44(42)51)35-27-25-34(26-28-35)46-32-48-52(40-19-5-4-17-38(40)46)53-47(55-48)30-29-45-39-18-10-11-24-49(39)56-54(45)53/h1-32H. The molecule has 10 aromatic carbocycles. The van der Waals surface area contributed by atoms with E-state index >= 15 is 0 Å². The summed E-state index contributed by atoms with van der Waals surface area (Å²) in [6.07, 6.45) is 0. The molecule has 2 aromatic heterocycles. The first-order valence-electron chi connectivity index (χ1n) is 19.2. The lowest BCUT2D eigenvalue weighted by Gasteiger charge is -2.18. The first-order chi connectivity index (χ1) is 27.8. The molecule has 0 aliphatic carbocycles. The Labute approximate surface area is 327 Å². The SMILES string of the molecule is c1ccc(-c2cccc(-c3c4ccccc4c(-c4ccc(-c5cc6oc7ccc8c9ccccc9sc8c7c6c6ccccc56)cc4)c4ccccc34)c2)cc1. The highest BCUT2D eigenvalue weighted by Crippen LogP contribution is 2.48. The number of fused-ring (bicyclic) bond motifs is 11. The van der Waals surface area contributed by atoms with E-state index in [1.807, 2.05) is 11.3 Å². The quantitative estimate of drug-likeness (QED) is 0.165. The van der Waals surface area contributed by atoms with E-state index in [9.17, 15) is 0 Å². The molecule has 0 fully saturated rings. The van der Waals surface area contributed by atoms with Crippen LogP contribution < -0.4 is 0 Å². The molecule has 0 spiro atoms. The van der Waals surface area contributed by atoms with E-state index in [0.29, 0.717) is 0 Å². The minimum atomic E-state index is 0.923. The maximum Gasteiger partial charge on any atom is 0.136 e. The number of benzene rings is 10. The first kappa shape index (κ1) is 31.4. The van der Waals surface area contributed by atoms with Crippen molar-refractivity contribution in [2.75, 3.05) is 0 Å². The summed E-state index contributed by atoms with van der Waals surface area (Å²) < 4.78 is 9.30. The van der Waals surface area contributed by atoms with Gasteiger partial charge < -0.3 is 4.42 Å². The van der Waals surface area contributed by atoms with Crippen molar-refractivity contribution in [2.45, 2.75) is 0 Å². The number of hydrogen-bond donors (Lipinski definition) is 0. The van der Waals surface area contributed by atoms with E-state index in [0.717, 1.165) is 11.2 Å². The molecule has 12 aromatic rings. The van der Waals surface area contributed by atoms with Crippen molar-refractivity contribution in [1.29, 1.82) is 0 Å². The van der Waals surface area contributed by atoms with Crippen LogP contribution in [0.1, 0.15) is 0 Å². The van der Waals surface area contributed by atoms with E-state index in [1.165, 1.54) is 108 Å². The van der Waals surface area contributed by atoms with Gasteiger partial charge in [0.1, 0.15) is 11.2 Å². The third-order valence-corrected chi connectivity index (χ3v) is 12.9. The fraction of sp³-hybridized carbons (Fsp3) is 0. The van der Waals surface area contributed by atoms with Crippen LogP contribution in [-0.2, 0) is 0 Å². The van der Waals surface area contributed by atoms with Gasteiger partial charge in [0, 0.05) is 30.9 Å². The molecule has 2 heteroatoms. The van der Waals surface area contributed by atoms with Crippen LogP contribution in [0.3, 0.4) is 0 Å². The topological polar surface area (TPSA) is 13.1 Å². The zero-order valence-corrected chi connectivity index (χ0v) is 31.1. The number of thiophene rings is 1. The number of furan rings is 1. The van der Waals surface area contributed by atoms with E-state index < -0.39 is 0 Å². The molecule has 0 bridgehead atoms. The van der Waals surface area contributed by atoms with Crippen LogP contribution in [0.5, 0.6) is 0 Å². The Hall–Kier alpha value is -7.00. The zero-order valence-electron chi connectivity index (χ0n) is 30.3. The number of rotatable bonds is 4. The molecule has 0 saturated heterocycles. The van der Waals surface area contributed by atoms with E-state index in [4.69, 9.17) is 4.42 Å². The summed E-state index contributed by atoms with van der Waals surface area (Å²) in [6, 6.07) is 70.8. The molecule has 2 heterocycles. The summed E-state index contributed by atoms with van der Waals surface area (Å²) in [7, 11) is 0. The van der Waals surface area contributed by atoms with Crippen LogP contribution in [0, 0.1) is 0 Å². The molecule has 0 amide bonds. The maximum atomic E-state index is 6.70. The normalized spacial score (nSPS) is 11.9. The van der Waals surface area contributed by atoms with Gasteiger partial charge in [-0.25, -0.2) is 0 Å². The van der Waals surface area contributed by atoms with Crippen LogP contribution in [0.15, 0.2) is 199 Å². The molecule has 0 N–H and O–H groups in total. The molecule has 56 heavy (non-hydrogen) atoms. The second-order valence-electron chi connectivity index (χ2n) is 14.7. The zero-order chi connectivity index (χ0) is 36.7. The highest BCUT2D eigenvalue weighted by atomic mass is 32.1. The molecular formula is C54H32OS. The molecule has 1 nitrogen and oxygen atoms in total. The summed E-state index contributed by atoms with van der Waals surface area (Å²) >= 11 is 1.86. The highest BCUT2D eigenvalue weighted by Gasteiger charge is 2.20. The monoisotopic (exact) mass is 728 g/mol. The van der Waals surface area contributed by atoms with Gasteiger partial charge >= 0.3 is 0 Å². The van der Waals surface area contributed by atoms with Crippen LogP contribution >= 0.6 is 11.3 Å². The summed E-state index contributed by atoms with van der Waals surface area (Å²) in [5.74, 6) is 0. The summed E-state index contributed by atoms with van der Waals surface area (Å²) in [6.45, 7) is 0. The Morgan fingerprint density at radius 1 is 0.304 bits per heavy atom. The van der Waals surface area contributed by atoms with Crippen molar-refractivity contribution in [3.05, 3.63) is 194 Å². The molecule has 0 radical (unpaired) electrons. The van der Waals surface area contributed by atoms with Crippen molar-refractivity contribution < 1.29 is 4.42 Å². The molecule has 0 saturated carbocycles. The summed E-state index contributed by atoms with van der Waals surface area (Å²) in [5.41, 5.74) is 11.6. The van der Waals surface area contributed by atoms with Gasteiger partial charge in [-0.2, -0.15) is 0 Å². The second kappa shape index (κ2) is 12.3. The van der Waals surface area contributed by atoms with Gasteiger partial charge in [0.05, 0.1) is 0 Å². The Morgan fingerprint density at radius 3 is 1.57 bits per heavy atom. The third-order valence-electron chi connectivity index (χ3n) is 11.7. The maximum absolute atomic E-state index is 6.70. The molecule has 0 aliphatic rings. The van der Waals surface area contributed by atoms with E-state index in [1.54, 1.807) is 0 Å². The Morgan fingerprint density at radius 2 is 0.857 bits per heavy atom. The fourth-order valence-electron chi connectivity index (χ4n) is 9.19. The van der Waals surface area contributed by atoms with Gasteiger partial charge in [0.15, 0.2) is 0 Å². The average molecular weight is 729 g/mol. The predicted molar refractivity (Wildman–Crippen MR) is 241 cm³/mol. The van der Waals surface area contributed by atoms with Crippen molar-refractivity contribution in [3.63, 3.8) is 0 Å². The molecule has 0 unspecified atom stereocenters. The largest absolute Gasteiger partial charge is 0.456 e. The van der Waals surface area contributed by atoms with Crippen molar-refractivity contribution >= 4 is 85.8 Å². The summed E-state index contributed by atoms with van der Waals surface area (Å²) in [5, 5.41) is 12.5. The van der Waals surface area contributed by atoms with Gasteiger partial charge in [0.2, 0.25) is 0 Å². The van der Waals surface area contributed by atoms with Gasteiger partial charge in [-0.15, -0.1) is 11.3 Å². The van der Waals surface area contributed by atoms with Gasteiger partial charge in [-0.1, -0.05) is 164 Å². The lowest BCUT2D eigenvalue weighted by atomic mass is 9.85. The highest BCUT2D eigenvalue weighted by molar-refractivity contribution is 7.26. The molecule has 260 valence electrons. The lowest BCUT2D eigenvalue weighted by Crippen LogP contribution is -1.91. The van der Waals surface area contributed by atoms with Crippen LogP contribution in [0.4, 0.5) is 0 Å². The Balaban J connectivity index is 1.03. The number of hydrogen-bond acceptors (Lipinski definition) is 2. The molecule has 0 aliphatic heterocycles. The smallest absolute Gasteiger partial charge is 0.136 e. The van der Waals surface area contributed by atoms with Crippen LogP contribution in [-0.4, -0.2) is 0 Å². The first-order valence-corrected chi connectivity index (χ1v) is 20.0. The van der Waals surface area contributed by atoms with E-state index in [-0.39, 0.29) is 0 Å². The van der Waals surface area contributed by atoms with Gasteiger partial charge in [-0.3, -0.25) is 0 Å².